The van der Waals surface area contributed by atoms with Crippen molar-refractivity contribution in [2.45, 2.75) is 31.8 Å². The van der Waals surface area contributed by atoms with Crippen LogP contribution in [0.2, 0.25) is 0 Å². The predicted octanol–water partition coefficient (Wildman–Crippen LogP) is 0.0879. The number of carbonyl (C=O) groups is 3. The molecule has 1 aromatic heterocycles. The number of carbonyl (C=O) groups excluding carboxylic acids is 1. The number of aromatic amines is 1. The van der Waals surface area contributed by atoms with E-state index in [0.717, 1.165) is 0 Å². The van der Waals surface area contributed by atoms with E-state index >= 15 is 0 Å². The third-order valence-electron chi connectivity index (χ3n) is 2.55. The molecule has 1 unspecified atom stereocenters. The largest absolute Gasteiger partial charge is 0.481 e. The van der Waals surface area contributed by atoms with Crippen molar-refractivity contribution in [3.8, 4) is 0 Å². The second-order valence-electron chi connectivity index (χ2n) is 4.04. The van der Waals surface area contributed by atoms with Crippen molar-refractivity contribution in [2.75, 3.05) is 0 Å². The molecule has 2 atom stereocenters. The molecule has 9 nitrogen and oxygen atoms in total. The maximum absolute atomic E-state index is 11.7. The molecule has 0 aromatic carbocycles. The Kier molecular flexibility index (Phi) is 5.51. The van der Waals surface area contributed by atoms with E-state index < -0.39 is 36.5 Å². The van der Waals surface area contributed by atoms with Gasteiger partial charge in [-0.3, -0.25) is 4.79 Å². The summed E-state index contributed by atoms with van der Waals surface area (Å²) >= 11 is 0. The van der Waals surface area contributed by atoms with Crippen molar-refractivity contribution in [1.82, 2.24) is 20.6 Å². The molecule has 0 fully saturated rings. The van der Waals surface area contributed by atoms with Gasteiger partial charge in [-0.15, -0.1) is 0 Å². The van der Waals surface area contributed by atoms with E-state index in [4.69, 9.17) is 10.2 Å². The summed E-state index contributed by atoms with van der Waals surface area (Å²) < 4.78 is 0. The summed E-state index contributed by atoms with van der Waals surface area (Å²) in [5.41, 5.74) is 0. The van der Waals surface area contributed by atoms with E-state index in [1.807, 2.05) is 6.92 Å². The number of aliphatic carboxylic acids is 2. The number of hydrogen-bond acceptors (Lipinski definition) is 4. The summed E-state index contributed by atoms with van der Waals surface area (Å²) in [4.78, 5) is 39.9. The minimum Gasteiger partial charge on any atom is -0.481 e. The molecule has 2 amide bonds. The summed E-state index contributed by atoms with van der Waals surface area (Å²) in [6, 6.07) is -2.66. The molecule has 0 bridgehead atoms. The quantitative estimate of drug-likeness (QED) is 0.479. The number of hydrogen-bond donors (Lipinski definition) is 5. The molecule has 1 rings (SSSR count). The first-order valence-electron chi connectivity index (χ1n) is 5.95. The number of aromatic nitrogens is 2. The minimum atomic E-state index is -1.48. The zero-order valence-corrected chi connectivity index (χ0v) is 10.8. The van der Waals surface area contributed by atoms with Crippen LogP contribution in [0.4, 0.5) is 4.79 Å². The molecule has 1 aromatic rings. The van der Waals surface area contributed by atoms with Gasteiger partial charge in [-0.2, -0.15) is 0 Å². The molecule has 1 heterocycles. The Bertz CT molecular complexity index is 473. The van der Waals surface area contributed by atoms with Crippen LogP contribution in [0.25, 0.3) is 0 Å². The average Bonchev–Trinajstić information content (AvgIpc) is 2.88. The molecule has 9 heteroatoms. The Balaban J connectivity index is 2.60. The van der Waals surface area contributed by atoms with Crippen molar-refractivity contribution in [3.05, 3.63) is 18.2 Å². The summed E-state index contributed by atoms with van der Waals surface area (Å²) in [7, 11) is 0. The van der Waals surface area contributed by atoms with Crippen molar-refractivity contribution < 1.29 is 24.6 Å². The van der Waals surface area contributed by atoms with Crippen LogP contribution >= 0.6 is 0 Å². The first kappa shape index (κ1) is 15.5. The summed E-state index contributed by atoms with van der Waals surface area (Å²) in [5, 5.41) is 22.0. The highest BCUT2D eigenvalue weighted by molar-refractivity contribution is 5.86. The minimum absolute atomic E-state index is 0.413. The maximum atomic E-state index is 11.7. The fourth-order valence-electron chi connectivity index (χ4n) is 1.56. The van der Waals surface area contributed by atoms with Gasteiger partial charge in [-0.05, 0) is 6.42 Å². The van der Waals surface area contributed by atoms with E-state index in [2.05, 4.69) is 20.6 Å². The number of amides is 2. The van der Waals surface area contributed by atoms with Gasteiger partial charge in [0.25, 0.3) is 0 Å². The Labute approximate surface area is 114 Å². The number of nitrogens with one attached hydrogen (secondary N) is 3. The van der Waals surface area contributed by atoms with Crippen LogP contribution in [0.15, 0.2) is 12.4 Å². The second kappa shape index (κ2) is 7.12. The first-order chi connectivity index (χ1) is 9.43. The van der Waals surface area contributed by atoms with E-state index in [-0.39, 0.29) is 0 Å². The van der Waals surface area contributed by atoms with Crippen molar-refractivity contribution in [3.63, 3.8) is 0 Å². The van der Waals surface area contributed by atoms with E-state index in [1.165, 1.54) is 6.20 Å². The lowest BCUT2D eigenvalue weighted by atomic mass is 10.2. The molecular weight excluding hydrogens is 268 g/mol. The number of carboxylic acids is 2. The third kappa shape index (κ3) is 4.59. The summed E-state index contributed by atoms with van der Waals surface area (Å²) in [5.74, 6) is -2.18. The van der Waals surface area contributed by atoms with E-state index in [1.54, 1.807) is 6.20 Å². The molecule has 5 N–H and O–H groups in total. The van der Waals surface area contributed by atoms with Gasteiger partial charge in [0, 0.05) is 12.4 Å². The Morgan fingerprint density at radius 1 is 1.35 bits per heavy atom. The Morgan fingerprint density at radius 2 is 2.05 bits per heavy atom. The topological polar surface area (TPSA) is 144 Å². The first-order valence-corrected chi connectivity index (χ1v) is 5.95. The second-order valence-corrected chi connectivity index (χ2v) is 4.04. The number of nitrogens with zero attached hydrogens (tertiary/aromatic N) is 1. The molecule has 0 saturated heterocycles. The lowest BCUT2D eigenvalue weighted by Gasteiger charge is -2.18. The Hall–Kier alpha value is -2.58. The highest BCUT2D eigenvalue weighted by Gasteiger charge is 2.24. The zero-order chi connectivity index (χ0) is 15.1. The van der Waals surface area contributed by atoms with Crippen LogP contribution in [0.1, 0.15) is 31.6 Å². The summed E-state index contributed by atoms with van der Waals surface area (Å²) in [6.45, 7) is 1.82. The smallest absolute Gasteiger partial charge is 0.326 e. The molecular formula is C11H16N4O5. The fraction of sp³-hybridized carbons (Fsp3) is 0.455. The van der Waals surface area contributed by atoms with Gasteiger partial charge in [-0.25, -0.2) is 14.6 Å². The van der Waals surface area contributed by atoms with Gasteiger partial charge in [0.2, 0.25) is 0 Å². The SMILES string of the molecule is CCC(NC(=O)N[C@H](CC(=O)O)C(=O)O)c1ncc[nH]1. The predicted molar refractivity (Wildman–Crippen MR) is 67.0 cm³/mol. The number of imidazole rings is 1. The lowest BCUT2D eigenvalue weighted by Crippen LogP contribution is -2.47. The van der Waals surface area contributed by atoms with Crippen LogP contribution in [-0.4, -0.2) is 44.2 Å². The van der Waals surface area contributed by atoms with Crippen molar-refractivity contribution in [2.24, 2.45) is 0 Å². The zero-order valence-electron chi connectivity index (χ0n) is 10.8. The highest BCUT2D eigenvalue weighted by atomic mass is 16.4. The number of rotatable bonds is 7. The van der Waals surface area contributed by atoms with E-state index in [0.29, 0.717) is 12.2 Å². The highest BCUT2D eigenvalue weighted by Crippen LogP contribution is 2.10. The van der Waals surface area contributed by atoms with Gasteiger partial charge in [0.1, 0.15) is 11.9 Å². The van der Waals surface area contributed by atoms with Crippen LogP contribution in [0.5, 0.6) is 0 Å². The van der Waals surface area contributed by atoms with Gasteiger partial charge in [-0.1, -0.05) is 6.92 Å². The molecule has 20 heavy (non-hydrogen) atoms. The van der Waals surface area contributed by atoms with Crippen LogP contribution in [0, 0.1) is 0 Å². The molecule has 0 aliphatic rings. The third-order valence-corrected chi connectivity index (χ3v) is 2.55. The molecule has 110 valence electrons. The van der Waals surface area contributed by atoms with Gasteiger partial charge < -0.3 is 25.8 Å². The Morgan fingerprint density at radius 3 is 2.50 bits per heavy atom. The number of carboxylic acid groups (broad SMARTS) is 2. The van der Waals surface area contributed by atoms with Crippen LogP contribution in [0.3, 0.4) is 0 Å². The monoisotopic (exact) mass is 284 g/mol. The molecule has 0 saturated carbocycles. The average molecular weight is 284 g/mol. The maximum Gasteiger partial charge on any atom is 0.326 e. The van der Waals surface area contributed by atoms with Crippen LogP contribution < -0.4 is 10.6 Å². The lowest BCUT2D eigenvalue weighted by molar-refractivity contribution is -0.145. The van der Waals surface area contributed by atoms with Crippen molar-refractivity contribution >= 4 is 18.0 Å². The van der Waals surface area contributed by atoms with E-state index in [9.17, 15) is 14.4 Å². The normalized spacial score (nSPS) is 13.2. The molecule has 0 aliphatic carbocycles. The fourth-order valence-corrected chi connectivity index (χ4v) is 1.56. The van der Waals surface area contributed by atoms with Crippen molar-refractivity contribution in [1.29, 1.82) is 0 Å². The van der Waals surface area contributed by atoms with Gasteiger partial charge >= 0.3 is 18.0 Å². The summed E-state index contributed by atoms with van der Waals surface area (Å²) in [6.07, 6.45) is 2.97. The molecule has 0 radical (unpaired) electrons. The molecule has 0 spiro atoms. The molecule has 0 aliphatic heterocycles. The van der Waals surface area contributed by atoms with Crippen LogP contribution in [-0.2, 0) is 9.59 Å². The van der Waals surface area contributed by atoms with Gasteiger partial charge in [0.05, 0.1) is 12.5 Å². The standard InChI is InChI=1S/C11H16N4O5/c1-2-6(9-12-3-4-13-9)14-11(20)15-7(10(18)19)5-8(16)17/h3-4,6-7H,2,5H2,1H3,(H,12,13)(H,16,17)(H,18,19)(H2,14,15,20)/t6?,7-/m1/s1. The number of H-pyrrole nitrogens is 1. The number of urea groups is 1. The van der Waals surface area contributed by atoms with Gasteiger partial charge in [0.15, 0.2) is 0 Å².